The average Bonchev–Trinajstić information content (AvgIpc) is 2.81. The molecule has 0 aliphatic rings. The van der Waals surface area contributed by atoms with E-state index in [1.165, 1.54) is 23.0 Å². The van der Waals surface area contributed by atoms with Crippen molar-refractivity contribution in [2.75, 3.05) is 0 Å². The number of hydrogen-bond donors (Lipinski definition) is 1. The van der Waals surface area contributed by atoms with Crippen molar-refractivity contribution in [3.63, 3.8) is 0 Å². The molecule has 0 aliphatic carbocycles. The number of carboxylic acids is 1. The second-order valence-electron chi connectivity index (χ2n) is 3.81. The maximum Gasteiger partial charge on any atom is 0.337 e. The van der Waals surface area contributed by atoms with Gasteiger partial charge < -0.3 is 5.11 Å². The Balaban J connectivity index is 2.11. The number of aromatic nitrogens is 1. The first-order valence-electron chi connectivity index (χ1n) is 5.25. The third-order valence-electron chi connectivity index (χ3n) is 2.50. The summed E-state index contributed by atoms with van der Waals surface area (Å²) in [5.74, 6) is -1.20. The molecule has 0 unspecified atom stereocenters. The highest BCUT2D eigenvalue weighted by Crippen LogP contribution is 2.12. The molecule has 1 heterocycles. The molecular formula is C13H10BrNO3. The van der Waals surface area contributed by atoms with Gasteiger partial charge in [-0.2, -0.15) is 0 Å². The highest BCUT2D eigenvalue weighted by atomic mass is 79.9. The van der Waals surface area contributed by atoms with Crippen molar-refractivity contribution in [3.8, 4) is 0 Å². The largest absolute Gasteiger partial charge is 0.478 e. The van der Waals surface area contributed by atoms with Crippen LogP contribution in [0.1, 0.15) is 20.7 Å². The summed E-state index contributed by atoms with van der Waals surface area (Å²) in [7, 11) is 0. The molecule has 0 atom stereocenters. The van der Waals surface area contributed by atoms with Gasteiger partial charge in [0.1, 0.15) is 0 Å². The number of hydrogen-bond acceptors (Lipinski definition) is 2. The van der Waals surface area contributed by atoms with Crippen LogP contribution >= 0.6 is 15.9 Å². The highest BCUT2D eigenvalue weighted by Gasteiger charge is 2.10. The lowest BCUT2D eigenvalue weighted by Crippen LogP contribution is -2.11. The quantitative estimate of drug-likeness (QED) is 0.948. The zero-order valence-electron chi connectivity index (χ0n) is 9.34. The van der Waals surface area contributed by atoms with Gasteiger partial charge in [-0.05, 0) is 23.8 Å². The number of rotatable bonds is 3. The normalized spacial score (nSPS) is 10.3. The van der Waals surface area contributed by atoms with Gasteiger partial charge in [0, 0.05) is 16.9 Å². The average molecular weight is 308 g/mol. The smallest absolute Gasteiger partial charge is 0.337 e. The van der Waals surface area contributed by atoms with Crippen molar-refractivity contribution in [1.29, 1.82) is 0 Å². The summed E-state index contributed by atoms with van der Waals surface area (Å²) in [6.45, 7) is 0. The van der Waals surface area contributed by atoms with E-state index in [9.17, 15) is 9.59 Å². The molecule has 1 N–H and O–H groups in total. The van der Waals surface area contributed by atoms with Gasteiger partial charge in [-0.15, -0.1) is 0 Å². The molecule has 0 aliphatic heterocycles. The first-order valence-corrected chi connectivity index (χ1v) is 6.04. The third-order valence-corrected chi connectivity index (χ3v) is 3.03. The van der Waals surface area contributed by atoms with Gasteiger partial charge in [0.05, 0.1) is 12.0 Å². The first kappa shape index (κ1) is 12.6. The number of aromatic carboxylic acids is 1. The lowest BCUT2D eigenvalue weighted by atomic mass is 10.1. The van der Waals surface area contributed by atoms with Gasteiger partial charge in [-0.25, -0.2) is 4.79 Å². The predicted octanol–water partition coefficient (Wildman–Crippen LogP) is 2.83. The van der Waals surface area contributed by atoms with Crippen molar-refractivity contribution in [2.45, 2.75) is 6.42 Å². The zero-order valence-corrected chi connectivity index (χ0v) is 10.9. The summed E-state index contributed by atoms with van der Waals surface area (Å²) >= 11 is 3.32. The molecular weight excluding hydrogens is 298 g/mol. The molecule has 0 saturated heterocycles. The van der Waals surface area contributed by atoms with Crippen molar-refractivity contribution in [2.24, 2.45) is 0 Å². The van der Waals surface area contributed by atoms with Crippen LogP contribution in [0.3, 0.4) is 0 Å². The summed E-state index contributed by atoms with van der Waals surface area (Å²) in [5.41, 5.74) is 0.993. The van der Waals surface area contributed by atoms with Crippen LogP contribution in [0, 0.1) is 0 Å². The number of carboxylic acid groups (broad SMARTS) is 1. The minimum atomic E-state index is -1.04. The van der Waals surface area contributed by atoms with Gasteiger partial charge in [-0.1, -0.05) is 28.1 Å². The Bertz CT molecular complexity index is 587. The van der Waals surface area contributed by atoms with Crippen molar-refractivity contribution in [1.82, 2.24) is 4.57 Å². The van der Waals surface area contributed by atoms with E-state index < -0.39 is 5.97 Å². The summed E-state index contributed by atoms with van der Waals surface area (Å²) in [6, 6.07) is 8.83. The Morgan fingerprint density at radius 2 is 1.83 bits per heavy atom. The fraction of sp³-hybridized carbons (Fsp3) is 0.0769. The van der Waals surface area contributed by atoms with Crippen molar-refractivity contribution in [3.05, 3.63) is 58.3 Å². The first-order chi connectivity index (χ1) is 8.56. The molecule has 1 aromatic heterocycles. The molecule has 0 spiro atoms. The molecule has 0 radical (unpaired) electrons. The SMILES string of the molecule is O=C(O)c1ccn(C(=O)Cc2ccc(Br)cc2)c1. The molecule has 0 saturated carbocycles. The maximum atomic E-state index is 11.9. The lowest BCUT2D eigenvalue weighted by molar-refractivity contribution is 0.0697. The predicted molar refractivity (Wildman–Crippen MR) is 69.9 cm³/mol. The molecule has 0 amide bonds. The van der Waals surface area contributed by atoms with E-state index in [1.807, 2.05) is 24.3 Å². The van der Waals surface area contributed by atoms with Crippen molar-refractivity contribution >= 4 is 27.8 Å². The van der Waals surface area contributed by atoms with Gasteiger partial charge in [0.15, 0.2) is 0 Å². The second kappa shape index (κ2) is 5.18. The van der Waals surface area contributed by atoms with Gasteiger partial charge in [0.2, 0.25) is 5.91 Å². The molecule has 5 heteroatoms. The van der Waals surface area contributed by atoms with Crippen LogP contribution in [0.4, 0.5) is 0 Å². The molecule has 0 fully saturated rings. The van der Waals surface area contributed by atoms with Crippen LogP contribution in [0.2, 0.25) is 0 Å². The van der Waals surface area contributed by atoms with Crippen LogP contribution in [0.5, 0.6) is 0 Å². The van der Waals surface area contributed by atoms with Gasteiger partial charge >= 0.3 is 5.97 Å². The molecule has 2 aromatic rings. The topological polar surface area (TPSA) is 59.3 Å². The van der Waals surface area contributed by atoms with Gasteiger partial charge in [-0.3, -0.25) is 9.36 Å². The van der Waals surface area contributed by atoms with Crippen LogP contribution in [-0.2, 0) is 6.42 Å². The number of carbonyl (C=O) groups is 2. The maximum absolute atomic E-state index is 11.9. The minimum Gasteiger partial charge on any atom is -0.478 e. The van der Waals surface area contributed by atoms with E-state index in [0.29, 0.717) is 0 Å². The summed E-state index contributed by atoms with van der Waals surface area (Å²) in [5, 5.41) is 8.77. The fourth-order valence-electron chi connectivity index (χ4n) is 1.55. The summed E-state index contributed by atoms with van der Waals surface area (Å²) in [6.07, 6.45) is 3.02. The zero-order chi connectivity index (χ0) is 13.1. The standard InChI is InChI=1S/C13H10BrNO3/c14-11-3-1-9(2-4-11)7-12(16)15-6-5-10(8-15)13(17)18/h1-6,8H,7H2,(H,17,18). The molecule has 2 rings (SSSR count). The molecule has 92 valence electrons. The Morgan fingerprint density at radius 1 is 1.17 bits per heavy atom. The number of nitrogens with zero attached hydrogens (tertiary/aromatic N) is 1. The van der Waals surface area contributed by atoms with E-state index in [4.69, 9.17) is 5.11 Å². The van der Waals surface area contributed by atoms with E-state index in [2.05, 4.69) is 15.9 Å². The Kier molecular flexibility index (Phi) is 3.62. The lowest BCUT2D eigenvalue weighted by Gasteiger charge is -2.02. The Morgan fingerprint density at radius 3 is 2.39 bits per heavy atom. The van der Waals surface area contributed by atoms with E-state index in [-0.39, 0.29) is 17.9 Å². The number of benzene rings is 1. The second-order valence-corrected chi connectivity index (χ2v) is 4.73. The van der Waals surface area contributed by atoms with Crippen LogP contribution < -0.4 is 0 Å². The third kappa shape index (κ3) is 2.87. The fourth-order valence-corrected chi connectivity index (χ4v) is 1.81. The van der Waals surface area contributed by atoms with E-state index in [0.717, 1.165) is 10.0 Å². The molecule has 0 bridgehead atoms. The number of halogens is 1. The minimum absolute atomic E-state index is 0.110. The van der Waals surface area contributed by atoms with Crippen molar-refractivity contribution < 1.29 is 14.7 Å². The van der Waals surface area contributed by atoms with Crippen LogP contribution in [0.15, 0.2) is 47.2 Å². The molecule has 18 heavy (non-hydrogen) atoms. The highest BCUT2D eigenvalue weighted by molar-refractivity contribution is 9.10. The summed E-state index contributed by atoms with van der Waals surface area (Å²) < 4.78 is 2.25. The van der Waals surface area contributed by atoms with Crippen LogP contribution in [0.25, 0.3) is 0 Å². The Hall–Kier alpha value is -1.88. The van der Waals surface area contributed by atoms with E-state index in [1.54, 1.807) is 0 Å². The van der Waals surface area contributed by atoms with Gasteiger partial charge in [0.25, 0.3) is 0 Å². The number of carbonyl (C=O) groups excluding carboxylic acids is 1. The Labute approximate surface area is 112 Å². The monoisotopic (exact) mass is 307 g/mol. The van der Waals surface area contributed by atoms with Crippen LogP contribution in [-0.4, -0.2) is 21.6 Å². The van der Waals surface area contributed by atoms with E-state index >= 15 is 0 Å². The molecule has 1 aromatic carbocycles. The molecule has 4 nitrogen and oxygen atoms in total. The summed E-state index contributed by atoms with van der Waals surface area (Å²) in [4.78, 5) is 22.6.